The molecule has 118 valence electrons. The van der Waals surface area contributed by atoms with Gasteiger partial charge < -0.3 is 0 Å². The first kappa shape index (κ1) is 17.7. The highest BCUT2D eigenvalue weighted by Gasteiger charge is 2.36. The van der Waals surface area contributed by atoms with E-state index in [1.165, 1.54) is 16.4 Å². The number of nitrogens with zero attached hydrogens (tertiary/aromatic N) is 1. The number of alkyl halides is 1. The summed E-state index contributed by atoms with van der Waals surface area (Å²) in [6.07, 6.45) is 0. The summed E-state index contributed by atoms with van der Waals surface area (Å²) in [4.78, 5) is 0.0789. The molecule has 0 saturated carbocycles. The highest BCUT2D eigenvalue weighted by atomic mass is 35.5. The van der Waals surface area contributed by atoms with E-state index in [2.05, 4.69) is 0 Å². The Morgan fingerprint density at radius 3 is 2.62 bits per heavy atom. The van der Waals surface area contributed by atoms with Crippen LogP contribution < -0.4 is 0 Å². The van der Waals surface area contributed by atoms with Crippen LogP contribution in [0.25, 0.3) is 0 Å². The van der Waals surface area contributed by atoms with Crippen molar-refractivity contribution in [3.8, 4) is 0 Å². The van der Waals surface area contributed by atoms with Gasteiger partial charge in [0.25, 0.3) is 0 Å². The van der Waals surface area contributed by atoms with E-state index < -0.39 is 10.0 Å². The van der Waals surface area contributed by atoms with Crippen molar-refractivity contribution in [3.05, 3.63) is 27.7 Å². The molecule has 0 spiro atoms. The van der Waals surface area contributed by atoms with Crippen molar-refractivity contribution >= 4 is 56.6 Å². The maximum absolute atomic E-state index is 12.9. The summed E-state index contributed by atoms with van der Waals surface area (Å²) < 4.78 is 27.3. The van der Waals surface area contributed by atoms with E-state index >= 15 is 0 Å². The second kappa shape index (κ2) is 6.85. The zero-order valence-electron chi connectivity index (χ0n) is 11.6. The number of rotatable bonds is 3. The minimum Gasteiger partial charge on any atom is -0.207 e. The Balaban J connectivity index is 2.49. The molecule has 1 heterocycles. The summed E-state index contributed by atoms with van der Waals surface area (Å²) >= 11 is 19.8. The Hall–Kier alpha value is 0.350. The smallest absolute Gasteiger partial charge is 0.207 e. The van der Waals surface area contributed by atoms with Gasteiger partial charge in [-0.05, 0) is 19.1 Å². The second-order valence-corrected chi connectivity index (χ2v) is 9.30. The van der Waals surface area contributed by atoms with Crippen molar-refractivity contribution in [2.24, 2.45) is 0 Å². The van der Waals surface area contributed by atoms with Crippen molar-refractivity contribution in [3.63, 3.8) is 0 Å². The van der Waals surface area contributed by atoms with Gasteiger partial charge in [-0.2, -0.15) is 16.1 Å². The van der Waals surface area contributed by atoms with Crippen molar-refractivity contribution < 1.29 is 8.42 Å². The molecule has 0 amide bonds. The van der Waals surface area contributed by atoms with Gasteiger partial charge >= 0.3 is 0 Å². The molecule has 0 radical (unpaired) electrons. The second-order valence-electron chi connectivity index (χ2n) is 4.90. The van der Waals surface area contributed by atoms with Gasteiger partial charge in [0, 0.05) is 34.2 Å². The van der Waals surface area contributed by atoms with Crippen LogP contribution in [0, 0.1) is 0 Å². The van der Waals surface area contributed by atoms with Gasteiger partial charge in [0.05, 0.1) is 10.9 Å². The highest BCUT2D eigenvalue weighted by Crippen LogP contribution is 2.36. The fourth-order valence-electron chi connectivity index (χ4n) is 2.27. The Kier molecular flexibility index (Phi) is 5.77. The lowest BCUT2D eigenvalue weighted by Crippen LogP contribution is -2.47. The summed E-state index contributed by atoms with van der Waals surface area (Å²) in [7, 11) is -3.65. The van der Waals surface area contributed by atoms with Gasteiger partial charge in [0.1, 0.15) is 4.90 Å². The normalized spacial score (nSPS) is 24.2. The van der Waals surface area contributed by atoms with E-state index in [1.54, 1.807) is 11.8 Å². The van der Waals surface area contributed by atoms with Crippen LogP contribution in [0.1, 0.15) is 19.4 Å². The predicted molar refractivity (Wildman–Crippen MR) is 91.3 cm³/mol. The summed E-state index contributed by atoms with van der Waals surface area (Å²) in [6.45, 7) is 4.43. The van der Waals surface area contributed by atoms with E-state index in [-0.39, 0.29) is 27.1 Å². The summed E-state index contributed by atoms with van der Waals surface area (Å²) in [5.41, 5.74) is 0.452. The Morgan fingerprint density at radius 2 is 2.00 bits per heavy atom. The van der Waals surface area contributed by atoms with Gasteiger partial charge in [-0.15, -0.1) is 11.6 Å². The molecule has 1 saturated heterocycles. The molecule has 1 aromatic rings. The molecule has 1 aliphatic heterocycles. The van der Waals surface area contributed by atoms with Gasteiger partial charge in [0.2, 0.25) is 10.0 Å². The van der Waals surface area contributed by atoms with Crippen LogP contribution in [0.4, 0.5) is 0 Å². The zero-order chi connectivity index (χ0) is 15.8. The maximum Gasteiger partial charge on any atom is 0.244 e. The van der Waals surface area contributed by atoms with Crippen LogP contribution in [-0.4, -0.2) is 36.3 Å². The van der Waals surface area contributed by atoms with Gasteiger partial charge in [0.15, 0.2) is 0 Å². The number of benzene rings is 1. The minimum absolute atomic E-state index is 0.0723. The first-order chi connectivity index (χ1) is 9.80. The maximum atomic E-state index is 12.9. The molecule has 3 nitrogen and oxygen atoms in total. The minimum atomic E-state index is -3.65. The molecule has 2 unspecified atom stereocenters. The SMILES string of the molecule is CC1SCCN(S(=O)(=O)c2ccc(Cl)c(CCl)c2Cl)C1C. The third-order valence-corrected chi connectivity index (χ3v) is 8.23. The van der Waals surface area contributed by atoms with Crippen molar-refractivity contribution in [2.75, 3.05) is 12.3 Å². The number of sulfonamides is 1. The lowest BCUT2D eigenvalue weighted by Gasteiger charge is -2.36. The van der Waals surface area contributed by atoms with E-state index in [9.17, 15) is 8.42 Å². The van der Waals surface area contributed by atoms with Crippen LogP contribution in [0.3, 0.4) is 0 Å². The summed E-state index contributed by atoms with van der Waals surface area (Å²) in [6, 6.07) is 2.90. The van der Waals surface area contributed by atoms with E-state index in [4.69, 9.17) is 34.8 Å². The molecule has 1 aliphatic rings. The molecular weight excluding hydrogens is 373 g/mol. The first-order valence-corrected chi connectivity index (χ1v) is 10.2. The lowest BCUT2D eigenvalue weighted by atomic mass is 10.2. The molecule has 21 heavy (non-hydrogen) atoms. The molecular formula is C13H16Cl3NO2S2. The fraction of sp³-hybridized carbons (Fsp3) is 0.538. The molecule has 0 bridgehead atoms. The molecule has 0 aliphatic carbocycles. The molecule has 1 fully saturated rings. The standard InChI is InChI=1S/C13H16Cl3NO2S2/c1-8-9(2)20-6-5-17(8)21(18,19)12-4-3-11(15)10(7-14)13(12)16/h3-4,8-9H,5-7H2,1-2H3. The van der Waals surface area contributed by atoms with Gasteiger partial charge in [-0.25, -0.2) is 8.42 Å². The molecule has 1 aromatic carbocycles. The van der Waals surface area contributed by atoms with Crippen LogP contribution in [0.2, 0.25) is 10.0 Å². The number of halogens is 3. The first-order valence-electron chi connectivity index (χ1n) is 6.47. The largest absolute Gasteiger partial charge is 0.244 e. The van der Waals surface area contributed by atoms with Crippen LogP contribution in [0.15, 0.2) is 17.0 Å². The third-order valence-electron chi connectivity index (χ3n) is 3.70. The zero-order valence-corrected chi connectivity index (χ0v) is 15.5. The predicted octanol–water partition coefficient (Wildman–Crippen LogP) is 4.25. The Labute approximate surface area is 145 Å². The van der Waals surface area contributed by atoms with Gasteiger partial charge in [-0.3, -0.25) is 0 Å². The van der Waals surface area contributed by atoms with E-state index in [0.717, 1.165) is 5.75 Å². The van der Waals surface area contributed by atoms with E-state index in [1.807, 2.05) is 13.8 Å². The third kappa shape index (κ3) is 3.33. The summed E-state index contributed by atoms with van der Waals surface area (Å²) in [5, 5.41) is 0.743. The van der Waals surface area contributed by atoms with Crippen LogP contribution >= 0.6 is 46.6 Å². The lowest BCUT2D eigenvalue weighted by molar-refractivity contribution is 0.340. The topological polar surface area (TPSA) is 37.4 Å². The van der Waals surface area contributed by atoms with Crippen molar-refractivity contribution in [2.45, 2.75) is 35.9 Å². The van der Waals surface area contributed by atoms with Crippen molar-refractivity contribution in [1.82, 2.24) is 4.31 Å². The number of hydrogen-bond acceptors (Lipinski definition) is 3. The van der Waals surface area contributed by atoms with Crippen molar-refractivity contribution in [1.29, 1.82) is 0 Å². The van der Waals surface area contributed by atoms with Crippen LogP contribution in [0.5, 0.6) is 0 Å². The average Bonchev–Trinajstić information content (AvgIpc) is 2.41. The average molecular weight is 389 g/mol. The Bertz CT molecular complexity index is 637. The molecule has 8 heteroatoms. The molecule has 2 rings (SSSR count). The van der Waals surface area contributed by atoms with Crippen LogP contribution in [-0.2, 0) is 15.9 Å². The fourth-order valence-corrected chi connectivity index (χ4v) is 6.57. The Morgan fingerprint density at radius 1 is 1.33 bits per heavy atom. The number of hydrogen-bond donors (Lipinski definition) is 0. The molecule has 2 atom stereocenters. The van der Waals surface area contributed by atoms with E-state index in [0.29, 0.717) is 17.1 Å². The highest BCUT2D eigenvalue weighted by molar-refractivity contribution is 8.00. The molecule has 0 N–H and O–H groups in total. The monoisotopic (exact) mass is 387 g/mol. The quantitative estimate of drug-likeness (QED) is 0.727. The summed E-state index contributed by atoms with van der Waals surface area (Å²) in [5.74, 6) is 0.848. The molecule has 0 aromatic heterocycles. The number of thioether (sulfide) groups is 1. The van der Waals surface area contributed by atoms with Gasteiger partial charge in [-0.1, -0.05) is 30.1 Å².